The van der Waals surface area contributed by atoms with Crippen LogP contribution in [0.25, 0.3) is 0 Å². The Balaban J connectivity index is 2.31. The van der Waals surface area contributed by atoms with Gasteiger partial charge in [0.05, 0.1) is 0 Å². The molecule has 1 aromatic carbocycles. The van der Waals surface area contributed by atoms with Crippen molar-refractivity contribution in [3.8, 4) is 0 Å². The van der Waals surface area contributed by atoms with E-state index in [9.17, 15) is 4.39 Å². The molecule has 82 valence electrons. The van der Waals surface area contributed by atoms with Crippen LogP contribution in [-0.4, -0.2) is 13.1 Å². The molecule has 1 aromatic rings. The lowest BCUT2D eigenvalue weighted by Crippen LogP contribution is -2.27. The van der Waals surface area contributed by atoms with E-state index in [0.29, 0.717) is 17.2 Å². The Morgan fingerprint density at radius 2 is 2.00 bits per heavy atom. The van der Waals surface area contributed by atoms with Crippen molar-refractivity contribution < 1.29 is 4.39 Å². The van der Waals surface area contributed by atoms with E-state index in [2.05, 4.69) is 5.32 Å². The number of anilines is 1. The maximum absolute atomic E-state index is 13.9. The Morgan fingerprint density at radius 3 is 2.67 bits per heavy atom. The molecule has 2 rings (SSSR count). The molecule has 3 heteroatoms. The first-order valence-corrected chi connectivity index (χ1v) is 5.45. The summed E-state index contributed by atoms with van der Waals surface area (Å²) in [4.78, 5) is 0. The average molecular weight is 208 g/mol. The molecule has 0 unspecified atom stereocenters. The Hall–Kier alpha value is -1.09. The molecule has 15 heavy (non-hydrogen) atoms. The number of hydrogen-bond acceptors (Lipinski definition) is 2. The monoisotopic (exact) mass is 208 g/mol. The molecular weight excluding hydrogens is 191 g/mol. The van der Waals surface area contributed by atoms with E-state index in [1.54, 1.807) is 6.92 Å². The number of nitrogens with one attached hydrogen (secondary N) is 1. The molecule has 0 amide bonds. The van der Waals surface area contributed by atoms with Gasteiger partial charge in [-0.05, 0) is 50.4 Å². The standard InChI is InChI=1S/C12H17FN2/c1-8-11(14)3-2-10(12(8)13)9-4-6-15-7-5-9/h2-3,9,15H,4-7,14H2,1H3. The van der Waals surface area contributed by atoms with Crippen molar-refractivity contribution >= 4 is 5.69 Å². The second-order valence-electron chi connectivity index (χ2n) is 4.21. The van der Waals surface area contributed by atoms with Crippen molar-refractivity contribution in [3.05, 3.63) is 29.1 Å². The molecule has 0 radical (unpaired) electrons. The molecule has 1 heterocycles. The number of hydrogen-bond donors (Lipinski definition) is 2. The molecule has 0 bridgehead atoms. The average Bonchev–Trinajstić information content (AvgIpc) is 2.27. The smallest absolute Gasteiger partial charge is 0.131 e. The van der Waals surface area contributed by atoms with E-state index in [4.69, 9.17) is 5.73 Å². The summed E-state index contributed by atoms with van der Waals surface area (Å²) in [5.41, 5.74) is 7.64. The third-order valence-electron chi connectivity index (χ3n) is 3.24. The second kappa shape index (κ2) is 4.19. The predicted octanol–water partition coefficient (Wildman–Crippen LogP) is 2.18. The van der Waals surface area contributed by atoms with Crippen molar-refractivity contribution in [3.63, 3.8) is 0 Å². The Labute approximate surface area is 89.7 Å². The fourth-order valence-corrected chi connectivity index (χ4v) is 2.17. The molecule has 0 saturated carbocycles. The molecule has 0 aromatic heterocycles. The highest BCUT2D eigenvalue weighted by molar-refractivity contribution is 5.49. The van der Waals surface area contributed by atoms with E-state index in [0.717, 1.165) is 31.5 Å². The minimum Gasteiger partial charge on any atom is -0.398 e. The number of nitrogen functional groups attached to an aromatic ring is 1. The van der Waals surface area contributed by atoms with Crippen LogP contribution in [0, 0.1) is 12.7 Å². The second-order valence-corrected chi connectivity index (χ2v) is 4.21. The van der Waals surface area contributed by atoms with Crippen LogP contribution in [0.5, 0.6) is 0 Å². The molecular formula is C12H17FN2. The lowest BCUT2D eigenvalue weighted by atomic mass is 9.88. The Bertz CT molecular complexity index is 357. The molecule has 1 aliphatic rings. The first-order chi connectivity index (χ1) is 7.20. The first kappa shape index (κ1) is 10.4. The zero-order valence-corrected chi connectivity index (χ0v) is 9.02. The number of rotatable bonds is 1. The van der Waals surface area contributed by atoms with E-state index in [1.165, 1.54) is 0 Å². The molecule has 2 nitrogen and oxygen atoms in total. The van der Waals surface area contributed by atoms with Gasteiger partial charge in [0.2, 0.25) is 0 Å². The number of nitrogens with two attached hydrogens (primary N) is 1. The SMILES string of the molecule is Cc1c(N)ccc(C2CCNCC2)c1F. The lowest BCUT2D eigenvalue weighted by molar-refractivity contribution is 0.444. The van der Waals surface area contributed by atoms with E-state index in [1.807, 2.05) is 12.1 Å². The number of benzene rings is 1. The van der Waals surface area contributed by atoms with Gasteiger partial charge in [-0.2, -0.15) is 0 Å². The molecule has 1 fully saturated rings. The van der Waals surface area contributed by atoms with Crippen molar-refractivity contribution in [1.29, 1.82) is 0 Å². The minimum atomic E-state index is -0.109. The summed E-state index contributed by atoms with van der Waals surface area (Å²) in [7, 11) is 0. The van der Waals surface area contributed by atoms with Gasteiger partial charge in [0.1, 0.15) is 5.82 Å². The van der Waals surface area contributed by atoms with Gasteiger partial charge in [0.25, 0.3) is 0 Å². The van der Waals surface area contributed by atoms with Gasteiger partial charge < -0.3 is 11.1 Å². The maximum Gasteiger partial charge on any atom is 0.131 e. The van der Waals surface area contributed by atoms with Gasteiger partial charge in [0.15, 0.2) is 0 Å². The van der Waals surface area contributed by atoms with E-state index in [-0.39, 0.29) is 5.82 Å². The van der Waals surface area contributed by atoms with Crippen LogP contribution in [0.2, 0.25) is 0 Å². The van der Waals surface area contributed by atoms with Crippen LogP contribution in [0.3, 0.4) is 0 Å². The Kier molecular flexibility index (Phi) is 2.91. The number of piperidine rings is 1. The summed E-state index contributed by atoms with van der Waals surface area (Å²) < 4.78 is 13.9. The lowest BCUT2D eigenvalue weighted by Gasteiger charge is -2.24. The summed E-state index contributed by atoms with van der Waals surface area (Å²) in [6, 6.07) is 3.66. The molecule has 1 aliphatic heterocycles. The van der Waals surface area contributed by atoms with Crippen LogP contribution >= 0.6 is 0 Å². The summed E-state index contributed by atoms with van der Waals surface area (Å²) in [6.07, 6.45) is 2.03. The zero-order chi connectivity index (χ0) is 10.8. The van der Waals surface area contributed by atoms with Crippen molar-refractivity contribution in [1.82, 2.24) is 5.32 Å². The number of halogens is 1. The minimum absolute atomic E-state index is 0.109. The van der Waals surface area contributed by atoms with Crippen LogP contribution in [0.4, 0.5) is 10.1 Å². The summed E-state index contributed by atoms with van der Waals surface area (Å²) in [5.74, 6) is 0.243. The normalized spacial score (nSPS) is 18.0. The first-order valence-electron chi connectivity index (χ1n) is 5.45. The van der Waals surface area contributed by atoms with Gasteiger partial charge in [-0.15, -0.1) is 0 Å². The molecule has 3 N–H and O–H groups in total. The van der Waals surface area contributed by atoms with E-state index < -0.39 is 0 Å². The molecule has 1 saturated heterocycles. The van der Waals surface area contributed by atoms with Gasteiger partial charge in [-0.3, -0.25) is 0 Å². The van der Waals surface area contributed by atoms with Crippen LogP contribution in [0.1, 0.15) is 29.9 Å². The molecule has 0 atom stereocenters. The Morgan fingerprint density at radius 1 is 1.33 bits per heavy atom. The largest absolute Gasteiger partial charge is 0.398 e. The van der Waals surface area contributed by atoms with Crippen LogP contribution < -0.4 is 11.1 Å². The van der Waals surface area contributed by atoms with Crippen molar-refractivity contribution in [2.45, 2.75) is 25.7 Å². The summed E-state index contributed by atoms with van der Waals surface area (Å²) in [6.45, 7) is 3.70. The van der Waals surface area contributed by atoms with Gasteiger partial charge in [-0.1, -0.05) is 6.07 Å². The third kappa shape index (κ3) is 1.97. The quantitative estimate of drug-likeness (QED) is 0.694. The van der Waals surface area contributed by atoms with Gasteiger partial charge in [-0.25, -0.2) is 4.39 Å². The van der Waals surface area contributed by atoms with Crippen LogP contribution in [-0.2, 0) is 0 Å². The fraction of sp³-hybridized carbons (Fsp3) is 0.500. The highest BCUT2D eigenvalue weighted by Gasteiger charge is 2.19. The summed E-state index contributed by atoms with van der Waals surface area (Å²) >= 11 is 0. The van der Waals surface area contributed by atoms with Gasteiger partial charge in [0, 0.05) is 11.3 Å². The maximum atomic E-state index is 13.9. The highest BCUT2D eigenvalue weighted by atomic mass is 19.1. The van der Waals surface area contributed by atoms with Crippen LogP contribution in [0.15, 0.2) is 12.1 Å². The highest BCUT2D eigenvalue weighted by Crippen LogP contribution is 2.30. The van der Waals surface area contributed by atoms with E-state index >= 15 is 0 Å². The van der Waals surface area contributed by atoms with Crippen molar-refractivity contribution in [2.75, 3.05) is 18.8 Å². The topological polar surface area (TPSA) is 38.0 Å². The molecule has 0 aliphatic carbocycles. The molecule has 0 spiro atoms. The predicted molar refractivity (Wildman–Crippen MR) is 60.4 cm³/mol. The van der Waals surface area contributed by atoms with Gasteiger partial charge >= 0.3 is 0 Å². The fourth-order valence-electron chi connectivity index (χ4n) is 2.17. The summed E-state index contributed by atoms with van der Waals surface area (Å²) in [5, 5.41) is 3.28. The third-order valence-corrected chi connectivity index (χ3v) is 3.24. The van der Waals surface area contributed by atoms with Crippen molar-refractivity contribution in [2.24, 2.45) is 0 Å². The zero-order valence-electron chi connectivity index (χ0n) is 9.02.